The van der Waals surface area contributed by atoms with E-state index in [1.54, 1.807) is 18.7 Å². The molecule has 0 spiro atoms. The van der Waals surface area contributed by atoms with Gasteiger partial charge in [0.25, 0.3) is 0 Å². The van der Waals surface area contributed by atoms with Gasteiger partial charge in [-0.25, -0.2) is 0 Å². The van der Waals surface area contributed by atoms with Crippen LogP contribution < -0.4 is 5.32 Å². The van der Waals surface area contributed by atoms with E-state index < -0.39 is 11.9 Å². The first-order chi connectivity index (χ1) is 11.5. The highest BCUT2D eigenvalue weighted by Crippen LogP contribution is 2.39. The van der Waals surface area contributed by atoms with Gasteiger partial charge in [-0.1, -0.05) is 37.3 Å². The van der Waals surface area contributed by atoms with Gasteiger partial charge in [-0.05, 0) is 35.7 Å². The molecule has 124 valence electrons. The summed E-state index contributed by atoms with van der Waals surface area (Å²) in [6.07, 6.45) is 0.482. The van der Waals surface area contributed by atoms with E-state index >= 15 is 0 Å². The fourth-order valence-corrected chi connectivity index (χ4v) is 4.00. The zero-order valence-electron chi connectivity index (χ0n) is 13.4. The van der Waals surface area contributed by atoms with Crippen molar-refractivity contribution in [2.75, 3.05) is 11.1 Å². The molecule has 24 heavy (non-hydrogen) atoms. The fourth-order valence-electron chi connectivity index (χ4n) is 2.77. The summed E-state index contributed by atoms with van der Waals surface area (Å²) < 4.78 is 0. The number of hydrogen-bond donors (Lipinski definition) is 2. The fraction of sp³-hybridized carbons (Fsp3) is 0.263. The van der Waals surface area contributed by atoms with Crippen LogP contribution in [0.5, 0.6) is 0 Å². The minimum absolute atomic E-state index is 0.000830. The molecule has 0 saturated carbocycles. The van der Waals surface area contributed by atoms with E-state index in [9.17, 15) is 9.59 Å². The van der Waals surface area contributed by atoms with Crippen LogP contribution in [0.2, 0.25) is 0 Å². The highest BCUT2D eigenvalue weighted by molar-refractivity contribution is 7.99. The number of aliphatic carboxylic acids is 1. The number of carbonyl (C=O) groups is 2. The molecule has 1 heterocycles. The molecule has 0 fully saturated rings. The number of anilines is 1. The minimum Gasteiger partial charge on any atom is -0.481 e. The number of amides is 1. The van der Waals surface area contributed by atoms with Gasteiger partial charge in [-0.15, -0.1) is 11.8 Å². The molecule has 1 aliphatic heterocycles. The van der Waals surface area contributed by atoms with Crippen LogP contribution >= 0.6 is 11.8 Å². The Morgan fingerprint density at radius 1 is 1.21 bits per heavy atom. The van der Waals surface area contributed by atoms with Crippen molar-refractivity contribution in [2.24, 2.45) is 5.92 Å². The summed E-state index contributed by atoms with van der Waals surface area (Å²) in [6.45, 7) is 1.69. The Balaban J connectivity index is 1.64. The molecule has 5 heteroatoms. The predicted octanol–water partition coefficient (Wildman–Crippen LogP) is 3.78. The quantitative estimate of drug-likeness (QED) is 0.868. The zero-order chi connectivity index (χ0) is 17.1. The lowest BCUT2D eigenvalue weighted by molar-refractivity contribution is -0.141. The monoisotopic (exact) mass is 341 g/mol. The van der Waals surface area contributed by atoms with Crippen LogP contribution in [0.4, 0.5) is 5.69 Å². The van der Waals surface area contributed by atoms with Gasteiger partial charge < -0.3 is 10.4 Å². The second-order valence-corrected chi connectivity index (χ2v) is 7.09. The smallest absolute Gasteiger partial charge is 0.306 e. The normalized spacial score (nSPS) is 17.1. The Hall–Kier alpha value is -2.27. The van der Waals surface area contributed by atoms with E-state index in [4.69, 9.17) is 5.11 Å². The van der Waals surface area contributed by atoms with Crippen molar-refractivity contribution in [3.63, 3.8) is 0 Å². The molecule has 0 bridgehead atoms. The maximum absolute atomic E-state index is 12.5. The van der Waals surface area contributed by atoms with Crippen molar-refractivity contribution >= 4 is 29.3 Å². The second-order valence-electron chi connectivity index (χ2n) is 6.03. The summed E-state index contributed by atoms with van der Waals surface area (Å²) in [4.78, 5) is 24.6. The molecule has 0 aromatic heterocycles. The first-order valence-electron chi connectivity index (χ1n) is 7.89. The molecular formula is C19H19NO3S. The van der Waals surface area contributed by atoms with Gasteiger partial charge in [0.1, 0.15) is 0 Å². The topological polar surface area (TPSA) is 66.4 Å². The molecule has 1 amide bonds. The third kappa shape index (κ3) is 3.62. The third-order valence-corrected chi connectivity index (χ3v) is 5.38. The summed E-state index contributed by atoms with van der Waals surface area (Å²) >= 11 is 1.71. The second kappa shape index (κ2) is 7.09. The average molecular weight is 341 g/mol. The first-order valence-corrected chi connectivity index (χ1v) is 8.87. The van der Waals surface area contributed by atoms with Crippen LogP contribution in [0.3, 0.4) is 0 Å². The van der Waals surface area contributed by atoms with E-state index in [1.807, 2.05) is 48.5 Å². The number of benzene rings is 2. The molecule has 2 unspecified atom stereocenters. The Morgan fingerprint density at radius 3 is 2.62 bits per heavy atom. The molecule has 0 radical (unpaired) electrons. The third-order valence-electron chi connectivity index (χ3n) is 4.20. The Bertz CT molecular complexity index is 757. The molecule has 0 aliphatic carbocycles. The molecule has 2 N–H and O–H groups in total. The van der Waals surface area contributed by atoms with Crippen molar-refractivity contribution < 1.29 is 14.7 Å². The summed E-state index contributed by atoms with van der Waals surface area (Å²) in [5.74, 6) is -0.585. The number of carboxylic acids is 1. The molecule has 3 rings (SSSR count). The maximum atomic E-state index is 12.5. The number of hydrogen-bond acceptors (Lipinski definition) is 3. The molecule has 2 aromatic carbocycles. The number of carboxylic acid groups (broad SMARTS) is 1. The van der Waals surface area contributed by atoms with Gasteiger partial charge in [0, 0.05) is 16.3 Å². The predicted molar refractivity (Wildman–Crippen MR) is 95.5 cm³/mol. The Morgan fingerprint density at radius 2 is 1.92 bits per heavy atom. The van der Waals surface area contributed by atoms with Crippen molar-refractivity contribution in [1.82, 2.24) is 0 Å². The lowest BCUT2D eigenvalue weighted by Crippen LogP contribution is -2.21. The SMILES string of the molecule is CC(Cc1ccc(NC(=O)C2CSc3ccccc32)cc1)C(=O)O. The standard InChI is InChI=1S/C19H19NO3S/c1-12(19(22)23)10-13-6-8-14(9-7-13)20-18(21)16-11-24-17-5-3-2-4-15(16)17/h2-9,12,16H,10-11H2,1H3,(H,20,21)(H,22,23). The summed E-state index contributed by atoms with van der Waals surface area (Å²) in [7, 11) is 0. The summed E-state index contributed by atoms with van der Waals surface area (Å²) in [5.41, 5.74) is 2.78. The number of fused-ring (bicyclic) bond motifs is 1. The van der Waals surface area contributed by atoms with Crippen molar-refractivity contribution in [3.05, 3.63) is 59.7 Å². The molecule has 4 nitrogen and oxygen atoms in total. The Labute approximate surface area is 145 Å². The lowest BCUT2D eigenvalue weighted by Gasteiger charge is -2.12. The van der Waals surface area contributed by atoms with Crippen LogP contribution in [0, 0.1) is 5.92 Å². The van der Waals surface area contributed by atoms with Crippen LogP contribution in [0.15, 0.2) is 53.4 Å². The number of thioether (sulfide) groups is 1. The molecule has 1 aliphatic rings. The number of carbonyl (C=O) groups excluding carboxylic acids is 1. The molecule has 2 aromatic rings. The maximum Gasteiger partial charge on any atom is 0.306 e. The van der Waals surface area contributed by atoms with E-state index in [0.717, 1.165) is 22.6 Å². The first kappa shape index (κ1) is 16.6. The highest BCUT2D eigenvalue weighted by atomic mass is 32.2. The molecule has 0 saturated heterocycles. The minimum atomic E-state index is -0.801. The average Bonchev–Trinajstić information content (AvgIpc) is 3.00. The largest absolute Gasteiger partial charge is 0.481 e. The molecule has 2 atom stereocenters. The summed E-state index contributed by atoms with van der Waals surface area (Å²) in [5, 5.41) is 11.9. The van der Waals surface area contributed by atoms with Crippen molar-refractivity contribution in [2.45, 2.75) is 24.2 Å². The van der Waals surface area contributed by atoms with E-state index in [2.05, 4.69) is 5.32 Å². The lowest BCUT2D eigenvalue weighted by atomic mass is 10.00. The van der Waals surface area contributed by atoms with E-state index in [-0.39, 0.29) is 11.8 Å². The van der Waals surface area contributed by atoms with Crippen LogP contribution in [-0.4, -0.2) is 22.7 Å². The van der Waals surface area contributed by atoms with Gasteiger partial charge in [0.05, 0.1) is 11.8 Å². The van der Waals surface area contributed by atoms with Crippen molar-refractivity contribution in [1.29, 1.82) is 0 Å². The molecular weight excluding hydrogens is 322 g/mol. The van der Waals surface area contributed by atoms with Crippen LogP contribution in [0.25, 0.3) is 0 Å². The van der Waals surface area contributed by atoms with E-state index in [1.165, 1.54) is 4.90 Å². The summed E-state index contributed by atoms with van der Waals surface area (Å²) in [6, 6.07) is 15.4. The van der Waals surface area contributed by atoms with Gasteiger partial charge >= 0.3 is 5.97 Å². The highest BCUT2D eigenvalue weighted by Gasteiger charge is 2.28. The van der Waals surface area contributed by atoms with Crippen molar-refractivity contribution in [3.8, 4) is 0 Å². The van der Waals surface area contributed by atoms with Crippen LogP contribution in [0.1, 0.15) is 24.0 Å². The van der Waals surface area contributed by atoms with Gasteiger partial charge in [-0.2, -0.15) is 0 Å². The van der Waals surface area contributed by atoms with E-state index in [0.29, 0.717) is 6.42 Å². The zero-order valence-corrected chi connectivity index (χ0v) is 14.2. The van der Waals surface area contributed by atoms with Gasteiger partial charge in [0.15, 0.2) is 0 Å². The Kier molecular flexibility index (Phi) is 4.90. The van der Waals surface area contributed by atoms with Gasteiger partial charge in [-0.3, -0.25) is 9.59 Å². The number of rotatable bonds is 5. The number of nitrogens with one attached hydrogen (secondary N) is 1. The van der Waals surface area contributed by atoms with Gasteiger partial charge in [0.2, 0.25) is 5.91 Å². The van der Waals surface area contributed by atoms with Crippen LogP contribution in [-0.2, 0) is 16.0 Å².